The minimum Gasteiger partial charge on any atom is -0.348 e. The van der Waals surface area contributed by atoms with Crippen LogP contribution in [-0.4, -0.2) is 52.2 Å². The van der Waals surface area contributed by atoms with E-state index in [2.05, 4.69) is 15.9 Å². The van der Waals surface area contributed by atoms with Crippen molar-refractivity contribution < 1.29 is 28.6 Å². The maximum absolute atomic E-state index is 11.4. The lowest BCUT2D eigenvalue weighted by atomic mass is 10.1. The van der Waals surface area contributed by atoms with Crippen LogP contribution in [0.15, 0.2) is 0 Å². The van der Waals surface area contributed by atoms with Gasteiger partial charge in [0.1, 0.15) is 18.3 Å². The SMILES string of the molecule is CC1(C)OCC(C2OC(Br)([N+](=O)[O-])C3OC(C)(C)OC23)O1. The summed E-state index contributed by atoms with van der Waals surface area (Å²) < 4.78 is 26.5. The highest BCUT2D eigenvalue weighted by Gasteiger charge is 2.71. The monoisotopic (exact) mass is 367 g/mol. The van der Waals surface area contributed by atoms with Gasteiger partial charge in [0.05, 0.1) is 11.5 Å². The fraction of sp³-hybridized carbons (Fsp3) is 1.00. The van der Waals surface area contributed by atoms with E-state index in [1.807, 2.05) is 0 Å². The zero-order valence-electron chi connectivity index (χ0n) is 12.2. The number of hydrogen-bond donors (Lipinski definition) is 0. The Morgan fingerprint density at radius 3 is 2.24 bits per heavy atom. The Balaban J connectivity index is 1.88. The van der Waals surface area contributed by atoms with Crippen LogP contribution < -0.4 is 0 Å². The van der Waals surface area contributed by atoms with Crippen LogP contribution in [0.2, 0.25) is 0 Å². The maximum Gasteiger partial charge on any atom is 0.409 e. The van der Waals surface area contributed by atoms with Crippen molar-refractivity contribution in [3.63, 3.8) is 0 Å². The number of nitrogens with zero attached hydrogens (tertiary/aromatic N) is 1. The molecule has 5 unspecified atom stereocenters. The maximum atomic E-state index is 11.4. The predicted molar refractivity (Wildman–Crippen MR) is 72.3 cm³/mol. The highest BCUT2D eigenvalue weighted by atomic mass is 79.9. The van der Waals surface area contributed by atoms with E-state index in [0.717, 1.165) is 0 Å². The molecule has 3 heterocycles. The van der Waals surface area contributed by atoms with Crippen molar-refractivity contribution in [1.29, 1.82) is 0 Å². The first-order valence-corrected chi connectivity index (χ1v) is 7.52. The third-order valence-electron chi connectivity index (χ3n) is 3.75. The first-order chi connectivity index (χ1) is 9.54. The molecule has 0 N–H and O–H groups in total. The van der Waals surface area contributed by atoms with Gasteiger partial charge >= 0.3 is 4.63 Å². The van der Waals surface area contributed by atoms with E-state index in [1.165, 1.54) is 0 Å². The molecule has 0 aromatic carbocycles. The van der Waals surface area contributed by atoms with E-state index in [4.69, 9.17) is 23.7 Å². The van der Waals surface area contributed by atoms with Crippen LogP contribution in [0.1, 0.15) is 27.7 Å². The molecule has 3 fully saturated rings. The lowest BCUT2D eigenvalue weighted by Gasteiger charge is -2.26. The zero-order valence-corrected chi connectivity index (χ0v) is 13.8. The standard InChI is InChI=1S/C12H18BrNO7/c1-10(2)17-5-6(18-10)7-8-9(21-11(3,4)19-8)12(13,20-7)14(15)16/h6-9H,5H2,1-4H3. The molecule has 3 aliphatic heterocycles. The highest BCUT2D eigenvalue weighted by molar-refractivity contribution is 9.10. The van der Waals surface area contributed by atoms with Gasteiger partial charge in [-0.2, -0.15) is 0 Å². The van der Waals surface area contributed by atoms with Crippen molar-refractivity contribution in [3.8, 4) is 0 Å². The van der Waals surface area contributed by atoms with Crippen LogP contribution in [0, 0.1) is 10.1 Å². The molecule has 0 aromatic rings. The normalized spacial score (nSPS) is 47.5. The van der Waals surface area contributed by atoms with Gasteiger partial charge in [0.25, 0.3) is 0 Å². The molecule has 0 spiro atoms. The molecule has 0 aromatic heterocycles. The van der Waals surface area contributed by atoms with Gasteiger partial charge in [-0.15, -0.1) is 0 Å². The van der Waals surface area contributed by atoms with Gasteiger partial charge in [-0.1, -0.05) is 0 Å². The Morgan fingerprint density at radius 2 is 1.71 bits per heavy atom. The van der Waals surface area contributed by atoms with E-state index < -0.39 is 45.5 Å². The van der Waals surface area contributed by atoms with Crippen molar-refractivity contribution >= 4 is 15.9 Å². The first kappa shape index (κ1) is 15.6. The van der Waals surface area contributed by atoms with Gasteiger partial charge in [-0.25, -0.2) is 0 Å². The average Bonchev–Trinajstić information content (AvgIpc) is 2.92. The van der Waals surface area contributed by atoms with Crippen molar-refractivity contribution in [2.75, 3.05) is 6.61 Å². The van der Waals surface area contributed by atoms with E-state index in [-0.39, 0.29) is 6.61 Å². The Hall–Kier alpha value is -0.320. The third kappa shape index (κ3) is 2.49. The van der Waals surface area contributed by atoms with Gasteiger partial charge < -0.3 is 18.9 Å². The molecule has 0 aliphatic carbocycles. The van der Waals surface area contributed by atoms with Crippen LogP contribution in [0.3, 0.4) is 0 Å². The Morgan fingerprint density at radius 1 is 1.05 bits per heavy atom. The summed E-state index contributed by atoms with van der Waals surface area (Å²) in [6, 6.07) is 0. The number of hydrogen-bond acceptors (Lipinski definition) is 7. The molecule has 21 heavy (non-hydrogen) atoms. The molecule has 8 nitrogen and oxygen atoms in total. The third-order valence-corrected chi connectivity index (χ3v) is 4.68. The minimum atomic E-state index is -1.84. The molecular formula is C12H18BrNO7. The second-order valence-corrected chi connectivity index (χ2v) is 7.47. The van der Waals surface area contributed by atoms with Crippen molar-refractivity contribution in [1.82, 2.24) is 0 Å². The van der Waals surface area contributed by atoms with Crippen LogP contribution >= 0.6 is 15.9 Å². The van der Waals surface area contributed by atoms with Crippen LogP contribution in [0.25, 0.3) is 0 Å². The van der Waals surface area contributed by atoms with E-state index >= 15 is 0 Å². The molecule has 3 aliphatic rings. The molecule has 3 rings (SSSR count). The number of rotatable bonds is 2. The molecular weight excluding hydrogens is 350 g/mol. The number of alkyl halides is 1. The fourth-order valence-corrected chi connectivity index (χ4v) is 3.51. The molecule has 0 saturated carbocycles. The van der Waals surface area contributed by atoms with Gasteiger partial charge in [0.2, 0.25) is 0 Å². The van der Waals surface area contributed by atoms with E-state index in [1.54, 1.807) is 27.7 Å². The Labute approximate surface area is 130 Å². The fourth-order valence-electron chi connectivity index (χ4n) is 2.94. The van der Waals surface area contributed by atoms with Gasteiger partial charge in [-0.3, -0.25) is 14.9 Å². The van der Waals surface area contributed by atoms with Crippen LogP contribution in [0.5, 0.6) is 0 Å². The Kier molecular flexibility index (Phi) is 3.40. The summed E-state index contributed by atoms with van der Waals surface area (Å²) in [4.78, 5) is 10.8. The molecule has 120 valence electrons. The highest BCUT2D eigenvalue weighted by Crippen LogP contribution is 2.49. The summed E-state index contributed by atoms with van der Waals surface area (Å²) in [5.41, 5.74) is 0. The predicted octanol–water partition coefficient (Wildman–Crippen LogP) is 1.38. The van der Waals surface area contributed by atoms with Crippen molar-refractivity contribution in [2.45, 2.75) is 68.3 Å². The summed E-state index contributed by atoms with van der Waals surface area (Å²) in [5, 5.41) is 11.4. The molecule has 0 amide bonds. The largest absolute Gasteiger partial charge is 0.409 e. The lowest BCUT2D eigenvalue weighted by Crippen LogP contribution is -2.44. The second kappa shape index (κ2) is 4.59. The van der Waals surface area contributed by atoms with Crippen LogP contribution in [-0.2, 0) is 23.7 Å². The van der Waals surface area contributed by atoms with Gasteiger partial charge in [0.15, 0.2) is 17.7 Å². The Bertz CT molecular complexity index is 471. The van der Waals surface area contributed by atoms with Gasteiger partial charge in [-0.05, 0) is 27.7 Å². The average molecular weight is 368 g/mol. The van der Waals surface area contributed by atoms with E-state index in [9.17, 15) is 10.1 Å². The molecule has 3 saturated heterocycles. The van der Waals surface area contributed by atoms with Crippen molar-refractivity contribution in [3.05, 3.63) is 10.1 Å². The summed E-state index contributed by atoms with van der Waals surface area (Å²) in [6.45, 7) is 7.28. The number of ether oxygens (including phenoxy) is 5. The summed E-state index contributed by atoms with van der Waals surface area (Å²) in [6.07, 6.45) is -2.57. The van der Waals surface area contributed by atoms with Crippen LogP contribution in [0.4, 0.5) is 0 Å². The number of fused-ring (bicyclic) bond motifs is 1. The van der Waals surface area contributed by atoms with Crippen molar-refractivity contribution in [2.24, 2.45) is 0 Å². The quantitative estimate of drug-likeness (QED) is 0.315. The molecule has 9 heteroatoms. The summed E-state index contributed by atoms with van der Waals surface area (Å²) >= 11 is 3.06. The summed E-state index contributed by atoms with van der Waals surface area (Å²) in [5.74, 6) is -1.66. The topological polar surface area (TPSA) is 89.3 Å². The number of nitro groups is 1. The summed E-state index contributed by atoms with van der Waals surface area (Å²) in [7, 11) is 0. The first-order valence-electron chi connectivity index (χ1n) is 6.73. The molecule has 0 bridgehead atoms. The van der Waals surface area contributed by atoms with Gasteiger partial charge in [0, 0.05) is 15.9 Å². The number of halogens is 1. The van der Waals surface area contributed by atoms with E-state index in [0.29, 0.717) is 0 Å². The minimum absolute atomic E-state index is 0.283. The smallest absolute Gasteiger partial charge is 0.348 e. The zero-order chi connectivity index (χ0) is 15.6. The molecule has 0 radical (unpaired) electrons. The molecule has 5 atom stereocenters. The second-order valence-electron chi connectivity index (χ2n) is 6.34. The lowest BCUT2D eigenvalue weighted by molar-refractivity contribution is -0.598.